The Labute approximate surface area is 335 Å². The van der Waals surface area contributed by atoms with Crippen molar-refractivity contribution < 1.29 is 24.2 Å². The Balaban J connectivity index is 1.08. The third kappa shape index (κ3) is 8.48. The zero-order chi connectivity index (χ0) is 40.6. The first-order valence-corrected chi connectivity index (χ1v) is 22.5. The van der Waals surface area contributed by atoms with Gasteiger partial charge in [-0.25, -0.2) is 4.79 Å². The Kier molecular flexibility index (Phi) is 13.4. The van der Waals surface area contributed by atoms with Gasteiger partial charge in [0.2, 0.25) is 11.8 Å². The highest BCUT2D eigenvalue weighted by Crippen LogP contribution is 2.77. The zero-order valence-corrected chi connectivity index (χ0v) is 36.8. The summed E-state index contributed by atoms with van der Waals surface area (Å²) in [6.07, 6.45) is 18.1. The van der Waals surface area contributed by atoms with Gasteiger partial charge in [-0.15, -0.1) is 0 Å². The van der Waals surface area contributed by atoms with Gasteiger partial charge in [0, 0.05) is 6.54 Å². The second kappa shape index (κ2) is 16.7. The highest BCUT2D eigenvalue weighted by atomic mass is 16.6. The Morgan fingerprint density at radius 2 is 1.42 bits per heavy atom. The molecule has 11 atom stereocenters. The lowest BCUT2D eigenvalue weighted by Crippen LogP contribution is -2.67. The van der Waals surface area contributed by atoms with Crippen LogP contribution in [0.1, 0.15) is 178 Å². The van der Waals surface area contributed by atoms with Crippen LogP contribution in [0.3, 0.4) is 0 Å². The minimum Gasteiger partial charge on any atom is -0.444 e. The minimum atomic E-state index is -0.711. The molecule has 0 aromatic carbocycles. The van der Waals surface area contributed by atoms with E-state index in [1.807, 2.05) is 0 Å². The molecule has 0 aromatic heterocycles. The maximum Gasteiger partial charge on any atom is 0.414 e. The Hall–Kier alpha value is -1.93. The fraction of sp³-hybridized carbons (Fsp3) is 0.894. The molecule has 8 heteroatoms. The number of carbonyl (C=O) groups excluding carboxylic acids is 3. The topological polar surface area (TPSA) is 117 Å². The summed E-state index contributed by atoms with van der Waals surface area (Å²) in [4.78, 5) is 38.6. The molecule has 5 rings (SSSR count). The average Bonchev–Trinajstić information content (AvgIpc) is 3.49. The molecule has 314 valence electrons. The normalized spacial score (nSPS) is 38.4. The third-order valence-corrected chi connectivity index (χ3v) is 17.1. The Morgan fingerprint density at radius 3 is 2.05 bits per heavy atom. The molecule has 5 aliphatic rings. The van der Waals surface area contributed by atoms with Gasteiger partial charge in [0.15, 0.2) is 0 Å². The number of imide groups is 1. The second-order valence-electron chi connectivity index (χ2n) is 21.6. The molecule has 55 heavy (non-hydrogen) atoms. The SMILES string of the molecule is C=C(C)[C@@H]1CC[C@]2(C(=O)NCCCCCCCCCN[C@@H](C)C(=O)NC(=O)OC(C)(C)C)CC[C@]3(C)[C@H](CC[C@@H]4[C@@]5(C)CC[C@H](O)C(C)(C)[C@@H]5CC[C@]43C)[C@@H]12. The van der Waals surface area contributed by atoms with Gasteiger partial charge >= 0.3 is 6.09 Å². The smallest absolute Gasteiger partial charge is 0.414 e. The van der Waals surface area contributed by atoms with E-state index in [0.29, 0.717) is 35.5 Å². The molecule has 0 radical (unpaired) electrons. The number of allylic oxidation sites excluding steroid dienone is 1. The van der Waals surface area contributed by atoms with E-state index in [4.69, 9.17) is 4.74 Å². The quantitative estimate of drug-likeness (QED) is 0.103. The number of aliphatic hydroxyl groups is 1. The van der Waals surface area contributed by atoms with E-state index < -0.39 is 17.7 Å². The van der Waals surface area contributed by atoms with Crippen molar-refractivity contribution in [1.29, 1.82) is 0 Å². The van der Waals surface area contributed by atoms with Crippen molar-refractivity contribution in [2.75, 3.05) is 13.1 Å². The van der Waals surface area contributed by atoms with Gasteiger partial charge < -0.3 is 20.5 Å². The molecule has 0 spiro atoms. The summed E-state index contributed by atoms with van der Waals surface area (Å²) < 4.78 is 5.16. The van der Waals surface area contributed by atoms with Crippen molar-refractivity contribution in [1.82, 2.24) is 16.0 Å². The van der Waals surface area contributed by atoms with Crippen molar-refractivity contribution in [3.05, 3.63) is 12.2 Å². The number of hydrogen-bond acceptors (Lipinski definition) is 6. The number of rotatable bonds is 14. The van der Waals surface area contributed by atoms with Gasteiger partial charge in [-0.05, 0) is 169 Å². The number of alkyl carbamates (subject to hydrolysis) is 1. The molecule has 8 nitrogen and oxygen atoms in total. The lowest BCUT2D eigenvalue weighted by atomic mass is 9.32. The molecule has 4 N–H and O–H groups in total. The van der Waals surface area contributed by atoms with Crippen LogP contribution in [0.2, 0.25) is 0 Å². The minimum absolute atomic E-state index is 0.0336. The first-order chi connectivity index (χ1) is 25.6. The van der Waals surface area contributed by atoms with E-state index in [1.54, 1.807) is 27.7 Å². The van der Waals surface area contributed by atoms with Crippen LogP contribution >= 0.6 is 0 Å². The van der Waals surface area contributed by atoms with E-state index in [0.717, 1.165) is 83.7 Å². The summed E-state index contributed by atoms with van der Waals surface area (Å²) in [5.74, 6) is 2.55. The van der Waals surface area contributed by atoms with Gasteiger partial charge in [-0.2, -0.15) is 0 Å². The average molecular weight is 768 g/mol. The summed E-state index contributed by atoms with van der Waals surface area (Å²) in [6.45, 7) is 27.9. The number of ether oxygens (including phenoxy) is 1. The van der Waals surface area contributed by atoms with Crippen LogP contribution in [0.25, 0.3) is 0 Å². The Bertz CT molecular complexity index is 1400. The number of aliphatic hydroxyl groups excluding tert-OH is 1. The standard InChI is InChI=1S/C47H81N3O5/c1-31(2)33-21-26-47(40(53)49-30-18-16-14-12-13-15-17-29-48-32(3)39(52)50-41(54)55-42(4,5)6)28-27-45(10)34(38(33)47)19-20-36-44(9)24-23-37(51)43(7,8)35(44)22-25-46(36,45)11/h32-38,48,51H,1,12-30H2,2-11H3,(H,49,53)(H,50,52,54)/t32-,33-,34+,35-,36+,37-,38+,44-,45+,46+,47-/m0/s1. The fourth-order valence-electron chi connectivity index (χ4n) is 14.0. The molecule has 0 unspecified atom stereocenters. The third-order valence-electron chi connectivity index (χ3n) is 17.1. The lowest BCUT2D eigenvalue weighted by molar-refractivity contribution is -0.246. The molecule has 0 heterocycles. The van der Waals surface area contributed by atoms with Crippen molar-refractivity contribution in [2.24, 2.45) is 56.7 Å². The number of carbonyl (C=O) groups is 3. The van der Waals surface area contributed by atoms with Crippen LogP contribution in [0.4, 0.5) is 4.79 Å². The maximum absolute atomic E-state index is 14.5. The number of fused-ring (bicyclic) bond motifs is 7. The van der Waals surface area contributed by atoms with Crippen molar-refractivity contribution in [3.8, 4) is 0 Å². The van der Waals surface area contributed by atoms with Gasteiger partial charge in [-0.1, -0.05) is 78.9 Å². The number of amides is 3. The maximum atomic E-state index is 14.5. The van der Waals surface area contributed by atoms with Crippen molar-refractivity contribution in [3.63, 3.8) is 0 Å². The lowest BCUT2D eigenvalue weighted by Gasteiger charge is -2.72. The van der Waals surface area contributed by atoms with Crippen LogP contribution in [-0.2, 0) is 14.3 Å². The van der Waals surface area contributed by atoms with Crippen LogP contribution in [0, 0.1) is 56.7 Å². The van der Waals surface area contributed by atoms with Crippen molar-refractivity contribution in [2.45, 2.75) is 196 Å². The molecule has 5 saturated carbocycles. The van der Waals surface area contributed by atoms with Crippen molar-refractivity contribution >= 4 is 17.9 Å². The van der Waals surface area contributed by atoms with Crippen LogP contribution in [-0.4, -0.2) is 53.9 Å². The first kappa shape index (κ1) is 44.2. The zero-order valence-electron chi connectivity index (χ0n) is 36.8. The molecular weight excluding hydrogens is 687 g/mol. The molecule has 0 bridgehead atoms. The predicted molar refractivity (Wildman–Crippen MR) is 222 cm³/mol. The molecule has 0 aliphatic heterocycles. The Morgan fingerprint density at radius 1 is 0.782 bits per heavy atom. The van der Waals surface area contributed by atoms with Crippen LogP contribution in [0.15, 0.2) is 12.2 Å². The summed E-state index contributed by atoms with van der Waals surface area (Å²) in [7, 11) is 0. The van der Waals surface area contributed by atoms with E-state index in [9.17, 15) is 19.5 Å². The number of hydrogen-bond donors (Lipinski definition) is 4. The second-order valence-corrected chi connectivity index (χ2v) is 21.6. The van der Waals surface area contributed by atoms with Gasteiger partial charge in [0.05, 0.1) is 17.6 Å². The van der Waals surface area contributed by atoms with Gasteiger partial charge in [0.25, 0.3) is 0 Å². The largest absolute Gasteiger partial charge is 0.444 e. The fourth-order valence-corrected chi connectivity index (χ4v) is 14.0. The van der Waals surface area contributed by atoms with E-state index >= 15 is 0 Å². The monoisotopic (exact) mass is 768 g/mol. The van der Waals surface area contributed by atoms with Gasteiger partial charge in [0.1, 0.15) is 5.60 Å². The molecule has 5 aliphatic carbocycles. The summed E-state index contributed by atoms with van der Waals surface area (Å²) in [6, 6.07) is -0.459. The first-order valence-electron chi connectivity index (χ1n) is 22.5. The number of nitrogens with one attached hydrogen (secondary N) is 3. The van der Waals surface area contributed by atoms with Crippen LogP contribution in [0.5, 0.6) is 0 Å². The van der Waals surface area contributed by atoms with E-state index in [2.05, 4.69) is 64.1 Å². The molecule has 5 fully saturated rings. The summed E-state index contributed by atoms with van der Waals surface area (Å²) in [5, 5.41) is 20.1. The highest BCUT2D eigenvalue weighted by molar-refractivity contribution is 5.94. The number of unbranched alkanes of at least 4 members (excludes halogenated alkanes) is 6. The van der Waals surface area contributed by atoms with E-state index in [1.165, 1.54) is 44.1 Å². The summed E-state index contributed by atoms with van der Waals surface area (Å²) >= 11 is 0. The van der Waals surface area contributed by atoms with Crippen LogP contribution < -0.4 is 16.0 Å². The highest BCUT2D eigenvalue weighted by Gasteiger charge is 2.71. The van der Waals surface area contributed by atoms with Gasteiger partial charge in [-0.3, -0.25) is 14.9 Å². The predicted octanol–water partition coefficient (Wildman–Crippen LogP) is 9.88. The molecule has 0 saturated heterocycles. The molecule has 0 aromatic rings. The van der Waals surface area contributed by atoms with E-state index in [-0.39, 0.29) is 39.1 Å². The molecule has 3 amide bonds. The molecular formula is C47H81N3O5. The summed E-state index contributed by atoms with van der Waals surface area (Å²) in [5.41, 5.74) is 1.06.